The number of hydrogen-bond donors (Lipinski definition) is 2. The second kappa shape index (κ2) is 12.4. The van der Waals surface area contributed by atoms with Crippen LogP contribution in [0.1, 0.15) is 59.8 Å². The summed E-state index contributed by atoms with van der Waals surface area (Å²) in [4.78, 5) is 25.8. The highest BCUT2D eigenvalue weighted by molar-refractivity contribution is 7.18. The van der Waals surface area contributed by atoms with E-state index in [2.05, 4.69) is 27.8 Å². The number of carbonyl (C=O) groups excluding carboxylic acids is 2. The number of carbonyl (C=O) groups is 2. The summed E-state index contributed by atoms with van der Waals surface area (Å²) < 4.78 is 5.18. The summed E-state index contributed by atoms with van der Waals surface area (Å²) in [6, 6.07) is 6.89. The van der Waals surface area contributed by atoms with Crippen molar-refractivity contribution in [3.05, 3.63) is 24.3 Å². The first-order valence-corrected chi connectivity index (χ1v) is 11.8. The number of hydrogen-bond acceptors (Lipinski definition) is 6. The second-order valence-corrected chi connectivity index (χ2v) is 8.73. The van der Waals surface area contributed by atoms with Gasteiger partial charge < -0.3 is 10.1 Å². The van der Waals surface area contributed by atoms with Crippen molar-refractivity contribution in [1.82, 2.24) is 15.5 Å². The minimum atomic E-state index is -0.610. The van der Waals surface area contributed by atoms with Crippen molar-refractivity contribution < 1.29 is 14.3 Å². The molecule has 170 valence electrons. The lowest BCUT2D eigenvalue weighted by Gasteiger charge is -2.25. The maximum absolute atomic E-state index is 13.0. The first-order chi connectivity index (χ1) is 14.9. The van der Waals surface area contributed by atoms with Crippen LogP contribution in [-0.2, 0) is 9.59 Å². The second-order valence-electron chi connectivity index (χ2n) is 7.75. The maximum atomic E-state index is 13.0. The highest BCUT2D eigenvalue weighted by Gasteiger charge is 2.29. The standard InChI is InChI=1S/C23H34N4O3S/c1-6-9-10-16(8-3)20(28)24-19(15(4)7-2)21(29)25-23-27-26-22(31-23)17-11-13-18(30-5)14-12-17/h11-16,19H,6-10H2,1-5H3,(H,24,28)(H,25,27,29)/t15-,16-,19-/m0/s1. The molecule has 2 amide bonds. The van der Waals surface area contributed by atoms with Gasteiger partial charge in [0.2, 0.25) is 16.9 Å². The largest absolute Gasteiger partial charge is 0.497 e. The maximum Gasteiger partial charge on any atom is 0.249 e. The molecule has 0 radical (unpaired) electrons. The molecule has 1 aromatic heterocycles. The number of methoxy groups -OCH3 is 1. The minimum absolute atomic E-state index is 0.00149. The molecule has 2 N–H and O–H groups in total. The summed E-state index contributed by atoms with van der Waals surface area (Å²) in [6.07, 6.45) is 4.44. The predicted octanol–water partition coefficient (Wildman–Crippen LogP) is 4.90. The predicted molar refractivity (Wildman–Crippen MR) is 125 cm³/mol. The molecule has 0 saturated heterocycles. The van der Waals surface area contributed by atoms with Crippen LogP contribution in [-0.4, -0.2) is 35.2 Å². The molecule has 0 aliphatic carbocycles. The number of rotatable bonds is 12. The molecule has 2 rings (SSSR count). The molecule has 0 aliphatic rings. The fourth-order valence-corrected chi connectivity index (χ4v) is 4.00. The Kier molecular flexibility index (Phi) is 9.91. The third kappa shape index (κ3) is 7.02. The topological polar surface area (TPSA) is 93.2 Å². The SMILES string of the molecule is CCCC[C@H](CC)C(=O)N[C@H](C(=O)Nc1nnc(-c2ccc(OC)cc2)s1)[C@@H](C)CC. The van der Waals surface area contributed by atoms with Crippen molar-refractivity contribution in [3.63, 3.8) is 0 Å². The van der Waals surface area contributed by atoms with Crippen molar-refractivity contribution >= 4 is 28.3 Å². The van der Waals surface area contributed by atoms with Gasteiger partial charge >= 0.3 is 0 Å². The lowest BCUT2D eigenvalue weighted by Crippen LogP contribution is -2.49. The fraction of sp³-hybridized carbons (Fsp3) is 0.565. The number of benzene rings is 1. The quantitative estimate of drug-likeness (QED) is 0.484. The summed E-state index contributed by atoms with van der Waals surface area (Å²) in [5.41, 5.74) is 0.896. The fourth-order valence-electron chi connectivity index (χ4n) is 3.25. The highest BCUT2D eigenvalue weighted by Crippen LogP contribution is 2.28. The van der Waals surface area contributed by atoms with Gasteiger partial charge in [-0.05, 0) is 43.0 Å². The lowest BCUT2D eigenvalue weighted by atomic mass is 9.94. The van der Waals surface area contributed by atoms with E-state index in [1.165, 1.54) is 11.3 Å². The van der Waals surface area contributed by atoms with Crippen LogP contribution in [0.3, 0.4) is 0 Å². The molecule has 0 saturated carbocycles. The van der Waals surface area contributed by atoms with Crippen molar-refractivity contribution in [1.29, 1.82) is 0 Å². The van der Waals surface area contributed by atoms with Crippen LogP contribution < -0.4 is 15.4 Å². The Balaban J connectivity index is 2.08. The van der Waals surface area contributed by atoms with Gasteiger partial charge in [0.25, 0.3) is 0 Å². The van der Waals surface area contributed by atoms with Gasteiger partial charge in [0.1, 0.15) is 16.8 Å². The molecular weight excluding hydrogens is 412 g/mol. The molecule has 1 heterocycles. The first-order valence-electron chi connectivity index (χ1n) is 11.0. The van der Waals surface area contributed by atoms with Crippen LogP contribution in [0.2, 0.25) is 0 Å². The van der Waals surface area contributed by atoms with E-state index in [-0.39, 0.29) is 23.7 Å². The molecule has 3 atom stereocenters. The minimum Gasteiger partial charge on any atom is -0.497 e. The molecule has 0 fully saturated rings. The number of ether oxygens (including phenoxy) is 1. The number of nitrogens with zero attached hydrogens (tertiary/aromatic N) is 2. The van der Waals surface area contributed by atoms with Gasteiger partial charge in [0.15, 0.2) is 0 Å². The van der Waals surface area contributed by atoms with Crippen LogP contribution in [0.4, 0.5) is 5.13 Å². The Morgan fingerprint density at radius 2 is 1.77 bits per heavy atom. The third-order valence-electron chi connectivity index (χ3n) is 5.56. The zero-order valence-electron chi connectivity index (χ0n) is 19.1. The van der Waals surface area contributed by atoms with Gasteiger partial charge in [-0.25, -0.2) is 0 Å². The van der Waals surface area contributed by atoms with E-state index in [4.69, 9.17) is 4.74 Å². The van der Waals surface area contributed by atoms with E-state index in [1.807, 2.05) is 45.0 Å². The van der Waals surface area contributed by atoms with E-state index in [1.54, 1.807) is 7.11 Å². The van der Waals surface area contributed by atoms with Gasteiger partial charge in [-0.15, -0.1) is 10.2 Å². The average Bonchev–Trinajstić information content (AvgIpc) is 3.25. The Bertz CT molecular complexity index is 838. The number of nitrogens with one attached hydrogen (secondary N) is 2. The number of anilines is 1. The van der Waals surface area contributed by atoms with Gasteiger partial charge in [-0.3, -0.25) is 14.9 Å². The Morgan fingerprint density at radius 3 is 2.35 bits per heavy atom. The Morgan fingerprint density at radius 1 is 1.06 bits per heavy atom. The molecule has 0 unspecified atom stereocenters. The molecule has 1 aromatic carbocycles. The van der Waals surface area contributed by atoms with Crippen molar-refractivity contribution in [2.45, 2.75) is 65.8 Å². The zero-order chi connectivity index (χ0) is 22.8. The van der Waals surface area contributed by atoms with Crippen molar-refractivity contribution in [2.75, 3.05) is 12.4 Å². The van der Waals surface area contributed by atoms with Crippen LogP contribution in [0, 0.1) is 11.8 Å². The summed E-state index contributed by atoms with van der Waals surface area (Å²) in [5, 5.41) is 15.2. The molecular formula is C23H34N4O3S. The van der Waals surface area contributed by atoms with E-state index in [0.717, 1.165) is 43.4 Å². The van der Waals surface area contributed by atoms with Gasteiger partial charge in [0, 0.05) is 11.5 Å². The van der Waals surface area contributed by atoms with E-state index in [9.17, 15) is 9.59 Å². The first kappa shape index (κ1) is 24.8. The summed E-state index contributed by atoms with van der Waals surface area (Å²) in [5.74, 6) is 0.389. The molecule has 0 aliphatic heterocycles. The number of aromatic nitrogens is 2. The molecule has 0 spiro atoms. The summed E-state index contributed by atoms with van der Waals surface area (Å²) in [6.45, 7) is 8.11. The van der Waals surface area contributed by atoms with Gasteiger partial charge in [-0.2, -0.15) is 0 Å². The lowest BCUT2D eigenvalue weighted by molar-refractivity contribution is -0.130. The third-order valence-corrected chi connectivity index (χ3v) is 6.44. The molecule has 31 heavy (non-hydrogen) atoms. The van der Waals surface area contributed by atoms with Gasteiger partial charge in [-0.1, -0.05) is 58.3 Å². The molecule has 2 aromatic rings. The monoisotopic (exact) mass is 446 g/mol. The highest BCUT2D eigenvalue weighted by atomic mass is 32.1. The van der Waals surface area contributed by atoms with Crippen LogP contribution in [0.25, 0.3) is 10.6 Å². The molecule has 8 heteroatoms. The van der Waals surface area contributed by atoms with E-state index in [0.29, 0.717) is 10.1 Å². The Hall–Kier alpha value is -2.48. The van der Waals surface area contributed by atoms with Crippen molar-refractivity contribution in [3.8, 4) is 16.3 Å². The molecule has 0 bridgehead atoms. The molecule has 7 nitrogen and oxygen atoms in total. The van der Waals surface area contributed by atoms with Crippen LogP contribution >= 0.6 is 11.3 Å². The summed E-state index contributed by atoms with van der Waals surface area (Å²) >= 11 is 1.30. The summed E-state index contributed by atoms with van der Waals surface area (Å²) in [7, 11) is 1.62. The number of unbranched alkanes of at least 4 members (excludes halogenated alkanes) is 1. The normalized spacial score (nSPS) is 13.8. The average molecular weight is 447 g/mol. The van der Waals surface area contributed by atoms with Crippen molar-refractivity contribution in [2.24, 2.45) is 11.8 Å². The van der Waals surface area contributed by atoms with Crippen LogP contribution in [0.5, 0.6) is 5.75 Å². The van der Waals surface area contributed by atoms with E-state index >= 15 is 0 Å². The number of amides is 2. The smallest absolute Gasteiger partial charge is 0.249 e. The van der Waals surface area contributed by atoms with Gasteiger partial charge in [0.05, 0.1) is 7.11 Å². The van der Waals surface area contributed by atoms with Crippen LogP contribution in [0.15, 0.2) is 24.3 Å². The van der Waals surface area contributed by atoms with E-state index < -0.39 is 6.04 Å². The Labute approximate surface area is 189 Å². The zero-order valence-corrected chi connectivity index (χ0v) is 19.9.